The number of aryl methyl sites for hydroxylation is 1. The molecule has 31 heavy (non-hydrogen) atoms. The van der Waals surface area contributed by atoms with Gasteiger partial charge in [-0.15, -0.1) is 0 Å². The fourth-order valence-corrected chi connectivity index (χ4v) is 5.21. The highest BCUT2D eigenvalue weighted by molar-refractivity contribution is 5.94. The van der Waals surface area contributed by atoms with E-state index in [0.717, 1.165) is 67.0 Å². The zero-order valence-corrected chi connectivity index (χ0v) is 18.1. The lowest BCUT2D eigenvalue weighted by atomic mass is 9.95. The van der Waals surface area contributed by atoms with Crippen molar-refractivity contribution in [2.75, 3.05) is 18.0 Å². The molecule has 1 aromatic heterocycles. The molecule has 6 nitrogen and oxygen atoms in total. The molecule has 3 aromatic rings. The van der Waals surface area contributed by atoms with E-state index < -0.39 is 6.09 Å². The first-order valence-electron chi connectivity index (χ1n) is 11.4. The fourth-order valence-electron chi connectivity index (χ4n) is 5.21. The molecule has 162 valence electrons. The topological polar surface area (TPSA) is 70.4 Å². The number of fused-ring (bicyclic) bond motifs is 3. The van der Waals surface area contributed by atoms with E-state index in [2.05, 4.69) is 40.2 Å². The van der Waals surface area contributed by atoms with Crippen molar-refractivity contribution in [2.24, 2.45) is 5.92 Å². The highest BCUT2D eigenvalue weighted by Crippen LogP contribution is 2.37. The van der Waals surface area contributed by atoms with Gasteiger partial charge in [-0.25, -0.2) is 9.78 Å². The summed E-state index contributed by atoms with van der Waals surface area (Å²) in [6, 6.07) is 14.6. The molecule has 1 fully saturated rings. The summed E-state index contributed by atoms with van der Waals surface area (Å²) in [5, 5.41) is 13.3. The van der Waals surface area contributed by atoms with E-state index in [4.69, 9.17) is 4.98 Å². The molecule has 2 aliphatic rings. The molecule has 3 heterocycles. The Morgan fingerprint density at radius 3 is 2.65 bits per heavy atom. The van der Waals surface area contributed by atoms with Crippen molar-refractivity contribution >= 4 is 22.8 Å². The second kappa shape index (κ2) is 8.35. The van der Waals surface area contributed by atoms with E-state index >= 15 is 0 Å². The van der Waals surface area contributed by atoms with Crippen LogP contribution in [0.3, 0.4) is 0 Å². The van der Waals surface area contributed by atoms with Crippen molar-refractivity contribution < 1.29 is 9.90 Å². The van der Waals surface area contributed by atoms with Crippen LogP contribution in [0.4, 0.5) is 10.5 Å². The molecule has 0 unspecified atom stereocenters. The van der Waals surface area contributed by atoms with Crippen LogP contribution in [0, 0.1) is 5.92 Å². The van der Waals surface area contributed by atoms with Crippen molar-refractivity contribution in [3.63, 3.8) is 0 Å². The first-order valence-corrected chi connectivity index (χ1v) is 11.4. The van der Waals surface area contributed by atoms with Gasteiger partial charge >= 0.3 is 6.09 Å². The van der Waals surface area contributed by atoms with Crippen molar-refractivity contribution in [1.29, 1.82) is 0 Å². The van der Waals surface area contributed by atoms with E-state index in [1.54, 1.807) is 0 Å². The number of nitrogens with one attached hydrogen (secondary N) is 1. The number of aromatic nitrogens is 2. The Morgan fingerprint density at radius 1 is 1.13 bits per heavy atom. The van der Waals surface area contributed by atoms with Crippen LogP contribution in [-0.2, 0) is 19.4 Å². The van der Waals surface area contributed by atoms with Gasteiger partial charge in [0.15, 0.2) is 0 Å². The molecule has 1 atom stereocenters. The van der Waals surface area contributed by atoms with Gasteiger partial charge in [0.05, 0.1) is 16.7 Å². The largest absolute Gasteiger partial charge is 0.465 e. The first-order chi connectivity index (χ1) is 15.1. The summed E-state index contributed by atoms with van der Waals surface area (Å²) in [5.41, 5.74) is 5.26. The lowest BCUT2D eigenvalue weighted by molar-refractivity contribution is 0.198. The summed E-state index contributed by atoms with van der Waals surface area (Å²) in [5.74, 6) is 1.72. The molecule has 6 heteroatoms. The van der Waals surface area contributed by atoms with E-state index in [0.29, 0.717) is 5.92 Å². The highest BCUT2D eigenvalue weighted by atomic mass is 16.4. The maximum absolute atomic E-state index is 11.9. The van der Waals surface area contributed by atoms with Gasteiger partial charge in [0.25, 0.3) is 0 Å². The smallest absolute Gasteiger partial charge is 0.412 e. The van der Waals surface area contributed by atoms with Crippen LogP contribution in [0.25, 0.3) is 11.0 Å². The molecular formula is C25H30N4O2. The lowest BCUT2D eigenvalue weighted by Crippen LogP contribution is -2.41. The van der Waals surface area contributed by atoms with Crippen molar-refractivity contribution in [2.45, 2.75) is 51.6 Å². The second-order valence-corrected chi connectivity index (χ2v) is 8.97. The molecule has 0 aliphatic carbocycles. The Bertz CT molecular complexity index is 1090. The molecular weight excluding hydrogens is 388 g/mol. The predicted molar refractivity (Wildman–Crippen MR) is 123 cm³/mol. The van der Waals surface area contributed by atoms with Gasteiger partial charge in [-0.3, -0.25) is 4.90 Å². The van der Waals surface area contributed by atoms with Crippen molar-refractivity contribution in [3.05, 3.63) is 59.4 Å². The number of piperidine rings is 1. The Balaban J connectivity index is 1.61. The third-order valence-electron chi connectivity index (χ3n) is 6.90. The number of imidazole rings is 1. The van der Waals surface area contributed by atoms with E-state index in [1.165, 1.54) is 23.3 Å². The Hall–Kier alpha value is -2.86. The van der Waals surface area contributed by atoms with Crippen LogP contribution in [0.15, 0.2) is 42.5 Å². The SMILES string of the molecule is C[C@H]1CCc2c(ccc3c2nc(Cc2ccccc2)n3CC2CCNCC2)N1C(=O)O. The van der Waals surface area contributed by atoms with Crippen molar-refractivity contribution in [3.8, 4) is 0 Å². The molecule has 1 saturated heterocycles. The number of carbonyl (C=O) groups is 1. The third kappa shape index (κ3) is 3.81. The van der Waals surface area contributed by atoms with Gasteiger partial charge in [0.1, 0.15) is 5.82 Å². The minimum absolute atomic E-state index is 0.0111. The summed E-state index contributed by atoms with van der Waals surface area (Å²) in [6.45, 7) is 5.11. The molecule has 0 spiro atoms. The van der Waals surface area contributed by atoms with Crippen LogP contribution in [0.5, 0.6) is 0 Å². The van der Waals surface area contributed by atoms with Gasteiger partial charge in [-0.05, 0) is 69.3 Å². The van der Waals surface area contributed by atoms with E-state index in [1.807, 2.05) is 19.1 Å². The summed E-state index contributed by atoms with van der Waals surface area (Å²) in [7, 11) is 0. The zero-order valence-electron chi connectivity index (χ0n) is 18.1. The molecule has 0 radical (unpaired) electrons. The quantitative estimate of drug-likeness (QED) is 0.657. The Morgan fingerprint density at radius 2 is 1.90 bits per heavy atom. The molecule has 0 saturated carbocycles. The van der Waals surface area contributed by atoms with Gasteiger partial charge in [-0.2, -0.15) is 0 Å². The number of amides is 1. The Kier molecular flexibility index (Phi) is 5.40. The van der Waals surface area contributed by atoms with Gasteiger partial charge < -0.3 is 15.0 Å². The average Bonchev–Trinajstić information content (AvgIpc) is 3.11. The van der Waals surface area contributed by atoms with Gasteiger partial charge in [0.2, 0.25) is 0 Å². The molecule has 0 bridgehead atoms. The molecule has 2 N–H and O–H groups in total. The standard InChI is InChI=1S/C25H30N4O2/c1-17-7-8-20-21(29(17)25(30)31)9-10-22-24(20)27-23(15-18-5-3-2-4-6-18)28(22)16-19-11-13-26-14-12-19/h2-6,9-10,17,19,26H,7-8,11-16H2,1H3,(H,30,31)/t17-/m0/s1. The monoisotopic (exact) mass is 418 g/mol. The zero-order chi connectivity index (χ0) is 21.4. The predicted octanol–water partition coefficient (Wildman–Crippen LogP) is 4.45. The maximum Gasteiger partial charge on any atom is 0.412 e. The van der Waals surface area contributed by atoms with Crippen molar-refractivity contribution in [1.82, 2.24) is 14.9 Å². The van der Waals surface area contributed by atoms with Gasteiger partial charge in [-0.1, -0.05) is 30.3 Å². The van der Waals surface area contributed by atoms with Crippen LogP contribution in [0.1, 0.15) is 43.1 Å². The van der Waals surface area contributed by atoms with Crippen LogP contribution >= 0.6 is 0 Å². The summed E-state index contributed by atoms with van der Waals surface area (Å²) in [4.78, 5) is 18.6. The number of anilines is 1. The second-order valence-electron chi connectivity index (χ2n) is 8.97. The minimum atomic E-state index is -0.883. The summed E-state index contributed by atoms with van der Waals surface area (Å²) < 4.78 is 2.40. The van der Waals surface area contributed by atoms with Crippen LogP contribution in [0.2, 0.25) is 0 Å². The van der Waals surface area contributed by atoms with E-state index in [9.17, 15) is 9.90 Å². The average molecular weight is 419 g/mol. The first kappa shape index (κ1) is 20.1. The number of hydrogen-bond donors (Lipinski definition) is 2. The number of hydrogen-bond acceptors (Lipinski definition) is 3. The third-order valence-corrected chi connectivity index (χ3v) is 6.90. The minimum Gasteiger partial charge on any atom is -0.465 e. The van der Waals surface area contributed by atoms with Gasteiger partial charge in [0, 0.05) is 24.6 Å². The number of nitrogens with zero attached hydrogens (tertiary/aromatic N) is 3. The Labute approximate surface area is 182 Å². The highest BCUT2D eigenvalue weighted by Gasteiger charge is 2.31. The van der Waals surface area contributed by atoms with Crippen LogP contribution in [-0.4, -0.2) is 39.9 Å². The van der Waals surface area contributed by atoms with E-state index in [-0.39, 0.29) is 6.04 Å². The number of rotatable bonds is 4. The molecule has 2 aromatic carbocycles. The molecule has 2 aliphatic heterocycles. The normalized spacial score (nSPS) is 19.5. The number of carboxylic acid groups (broad SMARTS) is 1. The summed E-state index contributed by atoms with van der Waals surface area (Å²) >= 11 is 0. The fraction of sp³-hybridized carbons (Fsp3) is 0.440. The van der Waals surface area contributed by atoms with Crippen LogP contribution < -0.4 is 10.2 Å². The lowest BCUT2D eigenvalue weighted by Gasteiger charge is -2.33. The molecule has 5 rings (SSSR count). The molecule has 1 amide bonds. The summed E-state index contributed by atoms with van der Waals surface area (Å²) in [6.07, 6.45) is 3.96. The maximum atomic E-state index is 11.9. The number of benzene rings is 2.